The summed E-state index contributed by atoms with van der Waals surface area (Å²) in [6.07, 6.45) is 0. The van der Waals surface area contributed by atoms with Gasteiger partial charge in [0.25, 0.3) is 0 Å². The molecule has 1 unspecified atom stereocenters. The number of hydrogen-bond acceptors (Lipinski definition) is 3. The molecule has 0 fully saturated rings. The van der Waals surface area contributed by atoms with Crippen LogP contribution in [0.2, 0.25) is 0 Å². The molecule has 1 atom stereocenters. The van der Waals surface area contributed by atoms with Crippen LogP contribution in [0.5, 0.6) is 0 Å². The van der Waals surface area contributed by atoms with Crippen molar-refractivity contribution in [3.8, 4) is 0 Å². The molecule has 0 aliphatic carbocycles. The van der Waals surface area contributed by atoms with Crippen molar-refractivity contribution in [2.24, 2.45) is 0 Å². The summed E-state index contributed by atoms with van der Waals surface area (Å²) < 4.78 is 23.6. The minimum atomic E-state index is -3.22. The quantitative estimate of drug-likeness (QED) is 0.824. The number of aryl methyl sites for hydroxylation is 1. The molecule has 0 spiro atoms. The largest absolute Gasteiger partial charge is 0.304 e. The summed E-state index contributed by atoms with van der Waals surface area (Å²) in [5.74, 6) is 0. The summed E-state index contributed by atoms with van der Waals surface area (Å²) in [4.78, 5) is 0.366. The molecule has 0 saturated carbocycles. The summed E-state index contributed by atoms with van der Waals surface area (Å²) in [7, 11) is -1.58. The zero-order valence-corrected chi connectivity index (χ0v) is 9.43. The zero-order chi connectivity index (χ0) is 10.8. The van der Waals surface area contributed by atoms with Crippen LogP contribution in [0, 0.1) is 6.92 Å². The predicted octanol–water partition coefficient (Wildman–Crippen LogP) is 1.33. The average molecular weight is 213 g/mol. The first kappa shape index (κ1) is 11.2. The van der Waals surface area contributed by atoms with Gasteiger partial charge < -0.3 is 5.32 Å². The van der Waals surface area contributed by atoms with Gasteiger partial charge in [0, 0.05) is 0 Å². The van der Waals surface area contributed by atoms with E-state index in [0.717, 1.165) is 5.56 Å². The Labute approximate surface area is 85.1 Å². The van der Waals surface area contributed by atoms with E-state index in [2.05, 4.69) is 5.32 Å². The van der Waals surface area contributed by atoms with Gasteiger partial charge in [0.2, 0.25) is 0 Å². The lowest BCUT2D eigenvalue weighted by Crippen LogP contribution is -2.30. The van der Waals surface area contributed by atoms with Crippen LogP contribution >= 0.6 is 0 Å². The van der Waals surface area contributed by atoms with Gasteiger partial charge in [0.15, 0.2) is 9.84 Å². The van der Waals surface area contributed by atoms with Crippen LogP contribution in [0.3, 0.4) is 0 Å². The van der Waals surface area contributed by atoms with E-state index in [4.69, 9.17) is 0 Å². The Hall–Kier alpha value is -0.870. The third kappa shape index (κ3) is 2.13. The maximum atomic E-state index is 11.8. The number of rotatable bonds is 3. The van der Waals surface area contributed by atoms with Gasteiger partial charge in [0.05, 0.1) is 4.90 Å². The smallest absolute Gasteiger partial charge is 0.193 e. The summed E-state index contributed by atoms with van der Waals surface area (Å²) in [5, 5.41) is 2.18. The molecule has 0 amide bonds. The summed E-state index contributed by atoms with van der Waals surface area (Å²) >= 11 is 0. The normalized spacial score (nSPS) is 13.9. The summed E-state index contributed by atoms with van der Waals surface area (Å²) in [6.45, 7) is 3.56. The lowest BCUT2D eigenvalue weighted by atomic mass is 10.2. The maximum Gasteiger partial charge on any atom is 0.193 e. The molecule has 0 heterocycles. The Morgan fingerprint density at radius 3 is 2.14 bits per heavy atom. The highest BCUT2D eigenvalue weighted by atomic mass is 32.2. The Balaban J connectivity index is 3.11. The Morgan fingerprint density at radius 1 is 1.21 bits per heavy atom. The van der Waals surface area contributed by atoms with Gasteiger partial charge in [-0.2, -0.15) is 0 Å². The van der Waals surface area contributed by atoms with Gasteiger partial charge in [-0.15, -0.1) is 0 Å². The van der Waals surface area contributed by atoms with Gasteiger partial charge in [-0.25, -0.2) is 8.42 Å². The van der Waals surface area contributed by atoms with Gasteiger partial charge in [0.1, 0.15) is 5.37 Å². The van der Waals surface area contributed by atoms with Crippen molar-refractivity contribution in [1.29, 1.82) is 0 Å². The summed E-state index contributed by atoms with van der Waals surface area (Å²) in [5.41, 5.74) is 1.06. The van der Waals surface area contributed by atoms with Crippen molar-refractivity contribution in [3.63, 3.8) is 0 Å². The van der Waals surface area contributed by atoms with Crippen LogP contribution in [-0.4, -0.2) is 20.8 Å². The molecule has 0 bridgehead atoms. The van der Waals surface area contributed by atoms with E-state index >= 15 is 0 Å². The minimum absolute atomic E-state index is 0.366. The minimum Gasteiger partial charge on any atom is -0.304 e. The van der Waals surface area contributed by atoms with E-state index in [1.165, 1.54) is 0 Å². The highest BCUT2D eigenvalue weighted by Crippen LogP contribution is 2.14. The first-order chi connectivity index (χ1) is 6.48. The molecular weight excluding hydrogens is 198 g/mol. The van der Waals surface area contributed by atoms with Crippen LogP contribution < -0.4 is 5.32 Å². The SMILES string of the molecule is CNC(C)S(=O)(=O)c1ccc(C)cc1. The molecule has 0 aliphatic rings. The lowest BCUT2D eigenvalue weighted by Gasteiger charge is -2.11. The Morgan fingerprint density at radius 2 is 1.71 bits per heavy atom. The molecule has 0 saturated heterocycles. The van der Waals surface area contributed by atoms with Crippen molar-refractivity contribution in [1.82, 2.24) is 5.32 Å². The molecule has 4 heteroatoms. The molecule has 78 valence electrons. The number of hydrogen-bond donors (Lipinski definition) is 1. The highest BCUT2D eigenvalue weighted by Gasteiger charge is 2.20. The molecule has 1 N–H and O–H groups in total. The number of nitrogens with one attached hydrogen (secondary N) is 1. The van der Waals surface area contributed by atoms with Crippen LogP contribution in [0.15, 0.2) is 29.2 Å². The fourth-order valence-electron chi connectivity index (χ4n) is 1.09. The Bertz CT molecular complexity index is 395. The van der Waals surface area contributed by atoms with E-state index in [1.54, 1.807) is 38.2 Å². The molecule has 0 radical (unpaired) electrons. The van der Waals surface area contributed by atoms with Crippen LogP contribution in [-0.2, 0) is 9.84 Å². The number of sulfone groups is 1. The van der Waals surface area contributed by atoms with E-state index in [9.17, 15) is 8.42 Å². The van der Waals surface area contributed by atoms with Crippen molar-refractivity contribution >= 4 is 9.84 Å². The van der Waals surface area contributed by atoms with E-state index < -0.39 is 15.2 Å². The lowest BCUT2D eigenvalue weighted by molar-refractivity contribution is 0.572. The van der Waals surface area contributed by atoms with Crippen molar-refractivity contribution in [2.45, 2.75) is 24.1 Å². The van der Waals surface area contributed by atoms with Crippen molar-refractivity contribution in [3.05, 3.63) is 29.8 Å². The van der Waals surface area contributed by atoms with Crippen molar-refractivity contribution < 1.29 is 8.42 Å². The van der Waals surface area contributed by atoms with Gasteiger partial charge in [-0.05, 0) is 33.0 Å². The molecule has 0 aromatic heterocycles. The second kappa shape index (κ2) is 4.11. The first-order valence-corrected chi connectivity index (χ1v) is 6.01. The van der Waals surface area contributed by atoms with Gasteiger partial charge in [-0.1, -0.05) is 17.7 Å². The second-order valence-corrected chi connectivity index (χ2v) is 5.56. The van der Waals surface area contributed by atoms with Gasteiger partial charge in [-0.3, -0.25) is 0 Å². The van der Waals surface area contributed by atoms with Crippen LogP contribution in [0.4, 0.5) is 0 Å². The molecule has 1 aromatic rings. The molecule has 1 rings (SSSR count). The summed E-state index contributed by atoms with van der Waals surface area (Å²) in [6, 6.07) is 6.88. The zero-order valence-electron chi connectivity index (χ0n) is 8.61. The molecule has 0 aliphatic heterocycles. The molecular formula is C10H15NO2S. The third-order valence-corrected chi connectivity index (χ3v) is 4.32. The van der Waals surface area contributed by atoms with E-state index in [-0.39, 0.29) is 0 Å². The van der Waals surface area contributed by atoms with E-state index in [1.807, 2.05) is 6.92 Å². The monoisotopic (exact) mass is 213 g/mol. The van der Waals surface area contributed by atoms with Crippen LogP contribution in [0.1, 0.15) is 12.5 Å². The predicted molar refractivity (Wildman–Crippen MR) is 56.9 cm³/mol. The van der Waals surface area contributed by atoms with E-state index in [0.29, 0.717) is 4.90 Å². The molecule has 3 nitrogen and oxygen atoms in total. The highest BCUT2D eigenvalue weighted by molar-refractivity contribution is 7.92. The third-order valence-electron chi connectivity index (χ3n) is 2.22. The number of benzene rings is 1. The molecule has 14 heavy (non-hydrogen) atoms. The first-order valence-electron chi connectivity index (χ1n) is 4.46. The maximum absolute atomic E-state index is 11.8. The fourth-order valence-corrected chi connectivity index (χ4v) is 2.32. The second-order valence-electron chi connectivity index (χ2n) is 3.29. The van der Waals surface area contributed by atoms with Gasteiger partial charge >= 0.3 is 0 Å². The van der Waals surface area contributed by atoms with Crippen LogP contribution in [0.25, 0.3) is 0 Å². The van der Waals surface area contributed by atoms with Crippen molar-refractivity contribution in [2.75, 3.05) is 7.05 Å². The fraction of sp³-hybridized carbons (Fsp3) is 0.400. The topological polar surface area (TPSA) is 46.2 Å². The molecule has 1 aromatic carbocycles. The Kier molecular flexibility index (Phi) is 3.29. The standard InChI is InChI=1S/C10H15NO2S/c1-8-4-6-10(7-5-8)14(12,13)9(2)11-3/h4-7,9,11H,1-3H3. The average Bonchev–Trinajstić information content (AvgIpc) is 2.17.